The van der Waals surface area contributed by atoms with E-state index in [0.717, 1.165) is 22.3 Å². The first-order valence-electron chi connectivity index (χ1n) is 8.89. The van der Waals surface area contributed by atoms with Crippen LogP contribution in [0, 0.1) is 0 Å². The van der Waals surface area contributed by atoms with Crippen molar-refractivity contribution in [2.45, 2.75) is 32.7 Å². The van der Waals surface area contributed by atoms with Crippen LogP contribution < -0.4 is 5.32 Å². The molecule has 0 aliphatic heterocycles. The van der Waals surface area contributed by atoms with Gasteiger partial charge in [-0.2, -0.15) is 0 Å². The summed E-state index contributed by atoms with van der Waals surface area (Å²) in [7, 11) is 0. The molecule has 4 aromatic rings. The Morgan fingerprint density at radius 1 is 1.14 bits per heavy atom. The van der Waals surface area contributed by atoms with Gasteiger partial charge >= 0.3 is 0 Å². The Labute approximate surface area is 161 Å². The normalized spacial score (nSPS) is 11.9. The number of nitrogens with one attached hydrogen (secondary N) is 2. The van der Waals surface area contributed by atoms with Gasteiger partial charge in [0.1, 0.15) is 0 Å². The van der Waals surface area contributed by atoms with Gasteiger partial charge in [0.15, 0.2) is 5.82 Å². The molecular formula is C18H21N9O. The zero-order chi connectivity index (χ0) is 19.7. The lowest BCUT2D eigenvalue weighted by atomic mass is 9.86. The van der Waals surface area contributed by atoms with E-state index in [2.05, 4.69) is 67.7 Å². The molecule has 3 N–H and O–H groups in total. The van der Waals surface area contributed by atoms with E-state index in [4.69, 9.17) is 0 Å². The molecule has 0 amide bonds. The number of aliphatic hydroxyl groups is 1. The number of aliphatic hydroxyl groups excluding tert-OH is 1. The van der Waals surface area contributed by atoms with E-state index in [1.165, 1.54) is 0 Å². The molecule has 144 valence electrons. The van der Waals surface area contributed by atoms with Crippen LogP contribution in [0.4, 0.5) is 11.6 Å². The number of fused-ring (bicyclic) bond motifs is 1. The second kappa shape index (κ2) is 6.97. The lowest BCUT2D eigenvalue weighted by Crippen LogP contribution is -2.13. The summed E-state index contributed by atoms with van der Waals surface area (Å²) in [4.78, 5) is 13.3. The SMILES string of the molecule is CC(C)(C)c1cc(Nc2ncc(-c3nnn[nH]3)cn2)cc2c1ncn2CCO. The Morgan fingerprint density at radius 3 is 2.57 bits per heavy atom. The van der Waals surface area contributed by atoms with Crippen molar-refractivity contribution in [2.24, 2.45) is 0 Å². The summed E-state index contributed by atoms with van der Waals surface area (Å²) < 4.78 is 1.94. The number of tetrazole rings is 1. The van der Waals surface area contributed by atoms with Crippen LogP contribution in [0.2, 0.25) is 0 Å². The number of anilines is 2. The summed E-state index contributed by atoms with van der Waals surface area (Å²) in [6, 6.07) is 4.06. The molecule has 0 aliphatic carbocycles. The van der Waals surface area contributed by atoms with E-state index in [1.807, 2.05) is 10.6 Å². The molecule has 0 bridgehead atoms. The molecule has 0 saturated carbocycles. The van der Waals surface area contributed by atoms with E-state index < -0.39 is 0 Å². The summed E-state index contributed by atoms with van der Waals surface area (Å²) in [5.41, 5.74) is 4.44. The van der Waals surface area contributed by atoms with Gasteiger partial charge in [-0.15, -0.1) is 5.10 Å². The predicted octanol–water partition coefficient (Wildman–Crippen LogP) is 2.04. The van der Waals surface area contributed by atoms with E-state index in [9.17, 15) is 5.11 Å². The zero-order valence-electron chi connectivity index (χ0n) is 15.9. The van der Waals surface area contributed by atoms with E-state index >= 15 is 0 Å². The topological polar surface area (TPSA) is 130 Å². The average Bonchev–Trinajstić information content (AvgIpc) is 3.32. The monoisotopic (exact) mass is 379 g/mol. The fraction of sp³-hybridized carbons (Fsp3) is 0.333. The van der Waals surface area contributed by atoms with Gasteiger partial charge in [-0.1, -0.05) is 20.8 Å². The van der Waals surface area contributed by atoms with Crippen LogP contribution in [0.3, 0.4) is 0 Å². The first kappa shape index (κ1) is 18.0. The number of rotatable bonds is 5. The summed E-state index contributed by atoms with van der Waals surface area (Å²) in [6.45, 7) is 6.98. The second-order valence-electron chi connectivity index (χ2n) is 7.47. The van der Waals surface area contributed by atoms with Gasteiger partial charge in [0.05, 0.1) is 29.5 Å². The van der Waals surface area contributed by atoms with Gasteiger partial charge in [-0.05, 0) is 33.5 Å². The average molecular weight is 379 g/mol. The highest BCUT2D eigenvalue weighted by atomic mass is 16.3. The van der Waals surface area contributed by atoms with Gasteiger partial charge in [0.2, 0.25) is 5.95 Å². The number of nitrogens with zero attached hydrogens (tertiary/aromatic N) is 7. The van der Waals surface area contributed by atoms with Crippen LogP contribution in [0.5, 0.6) is 0 Å². The second-order valence-corrected chi connectivity index (χ2v) is 7.47. The van der Waals surface area contributed by atoms with Crippen LogP contribution in [0.25, 0.3) is 22.4 Å². The molecule has 0 atom stereocenters. The van der Waals surface area contributed by atoms with Gasteiger partial charge in [-0.25, -0.2) is 20.1 Å². The molecule has 4 rings (SSSR count). The van der Waals surface area contributed by atoms with Crippen molar-refractivity contribution in [1.82, 2.24) is 40.1 Å². The molecule has 10 nitrogen and oxygen atoms in total. The summed E-state index contributed by atoms with van der Waals surface area (Å²) in [6.07, 6.45) is 5.06. The third-order valence-electron chi connectivity index (χ3n) is 4.40. The Bertz CT molecular complexity index is 1080. The molecule has 28 heavy (non-hydrogen) atoms. The maximum atomic E-state index is 9.33. The lowest BCUT2D eigenvalue weighted by molar-refractivity contribution is 0.278. The largest absolute Gasteiger partial charge is 0.395 e. The molecule has 10 heteroatoms. The molecule has 0 spiro atoms. The van der Waals surface area contributed by atoms with E-state index in [-0.39, 0.29) is 12.0 Å². The minimum atomic E-state index is -0.0989. The Morgan fingerprint density at radius 2 is 1.93 bits per heavy atom. The first-order valence-corrected chi connectivity index (χ1v) is 8.89. The van der Waals surface area contributed by atoms with Crippen molar-refractivity contribution in [3.8, 4) is 11.4 Å². The number of hydrogen-bond acceptors (Lipinski definition) is 8. The highest BCUT2D eigenvalue weighted by molar-refractivity contribution is 5.85. The van der Waals surface area contributed by atoms with Gasteiger partial charge < -0.3 is 15.0 Å². The standard InChI is InChI=1S/C18H21N9O/c1-18(2,3)13-6-12(7-14-15(13)21-10-27(14)4-5-28)22-17-19-8-11(9-20-17)16-23-25-26-24-16/h6-10,28H,4-5H2,1-3H3,(H,19,20,22)(H,23,24,25,26). The third-order valence-corrected chi connectivity index (χ3v) is 4.40. The van der Waals surface area contributed by atoms with Crippen molar-refractivity contribution in [2.75, 3.05) is 11.9 Å². The number of imidazole rings is 1. The van der Waals surface area contributed by atoms with Crippen molar-refractivity contribution in [1.29, 1.82) is 0 Å². The van der Waals surface area contributed by atoms with Gasteiger partial charge in [0.25, 0.3) is 0 Å². The van der Waals surface area contributed by atoms with E-state index in [1.54, 1.807) is 18.7 Å². The fourth-order valence-corrected chi connectivity index (χ4v) is 3.02. The maximum absolute atomic E-state index is 9.33. The number of aromatic nitrogens is 8. The highest BCUT2D eigenvalue weighted by Crippen LogP contribution is 2.33. The molecule has 0 fully saturated rings. The summed E-state index contributed by atoms with van der Waals surface area (Å²) in [5.74, 6) is 0.972. The molecule has 3 aromatic heterocycles. The molecule has 1 aromatic carbocycles. The minimum Gasteiger partial charge on any atom is -0.395 e. The zero-order valence-corrected chi connectivity index (χ0v) is 15.9. The van der Waals surface area contributed by atoms with Crippen LogP contribution in [-0.2, 0) is 12.0 Å². The molecule has 0 aliphatic rings. The molecule has 0 unspecified atom stereocenters. The van der Waals surface area contributed by atoms with E-state index in [0.29, 0.717) is 23.9 Å². The highest BCUT2D eigenvalue weighted by Gasteiger charge is 2.21. The van der Waals surface area contributed by atoms with Crippen LogP contribution in [-0.4, -0.2) is 51.9 Å². The van der Waals surface area contributed by atoms with Crippen molar-refractivity contribution >= 4 is 22.7 Å². The van der Waals surface area contributed by atoms with Crippen molar-refractivity contribution in [3.05, 3.63) is 36.4 Å². The predicted molar refractivity (Wildman–Crippen MR) is 104 cm³/mol. The smallest absolute Gasteiger partial charge is 0.227 e. The fourth-order valence-electron chi connectivity index (χ4n) is 3.02. The Balaban J connectivity index is 1.70. The van der Waals surface area contributed by atoms with Crippen LogP contribution >= 0.6 is 0 Å². The number of benzene rings is 1. The molecule has 0 saturated heterocycles. The Hall–Kier alpha value is -3.40. The summed E-state index contributed by atoms with van der Waals surface area (Å²) in [5, 5.41) is 26.2. The van der Waals surface area contributed by atoms with Gasteiger partial charge in [-0.3, -0.25) is 0 Å². The number of aromatic amines is 1. The third kappa shape index (κ3) is 3.41. The molecule has 0 radical (unpaired) electrons. The lowest BCUT2D eigenvalue weighted by Gasteiger charge is -2.21. The van der Waals surface area contributed by atoms with Crippen LogP contribution in [0.1, 0.15) is 26.3 Å². The Kier molecular flexibility index (Phi) is 4.47. The molecule has 3 heterocycles. The van der Waals surface area contributed by atoms with Gasteiger partial charge in [0, 0.05) is 24.6 Å². The summed E-state index contributed by atoms with van der Waals surface area (Å²) >= 11 is 0. The molecular weight excluding hydrogens is 358 g/mol. The minimum absolute atomic E-state index is 0.0506. The number of H-pyrrole nitrogens is 1. The van der Waals surface area contributed by atoms with Crippen molar-refractivity contribution in [3.63, 3.8) is 0 Å². The van der Waals surface area contributed by atoms with Crippen LogP contribution in [0.15, 0.2) is 30.9 Å². The number of hydrogen-bond donors (Lipinski definition) is 3. The maximum Gasteiger partial charge on any atom is 0.227 e. The quantitative estimate of drug-likeness (QED) is 0.480. The van der Waals surface area contributed by atoms with Crippen molar-refractivity contribution < 1.29 is 5.11 Å². The first-order chi connectivity index (χ1) is 13.5.